The van der Waals surface area contributed by atoms with E-state index in [9.17, 15) is 4.79 Å². The Morgan fingerprint density at radius 3 is 2.74 bits per heavy atom. The number of aryl methyl sites for hydroxylation is 1. The molecule has 0 saturated heterocycles. The maximum atomic E-state index is 12.0. The summed E-state index contributed by atoms with van der Waals surface area (Å²) in [5.41, 5.74) is 2.12. The molecule has 98 valence electrons. The van der Waals surface area contributed by atoms with Crippen molar-refractivity contribution in [2.24, 2.45) is 0 Å². The average Bonchev–Trinajstić information content (AvgIpc) is 2.42. The molecule has 0 atom stereocenters. The largest absolute Gasteiger partial charge is 0.310 e. The zero-order chi connectivity index (χ0) is 13.7. The number of amides is 1. The van der Waals surface area contributed by atoms with Gasteiger partial charge in [0.15, 0.2) is 0 Å². The van der Waals surface area contributed by atoms with Crippen molar-refractivity contribution < 1.29 is 4.79 Å². The summed E-state index contributed by atoms with van der Waals surface area (Å²) in [7, 11) is 0. The molecule has 0 spiro atoms. The van der Waals surface area contributed by atoms with E-state index >= 15 is 0 Å². The van der Waals surface area contributed by atoms with Crippen molar-refractivity contribution in [1.82, 2.24) is 4.98 Å². The highest BCUT2D eigenvalue weighted by molar-refractivity contribution is 7.98. The second-order valence-electron chi connectivity index (χ2n) is 4.26. The van der Waals surface area contributed by atoms with E-state index in [1.54, 1.807) is 18.0 Å². The molecule has 2 rings (SSSR count). The molecule has 0 aliphatic heterocycles. The molecule has 0 fully saturated rings. The lowest BCUT2D eigenvalue weighted by molar-refractivity contribution is -0.115. The number of nitrogens with zero attached hydrogens (tertiary/aromatic N) is 1. The van der Waals surface area contributed by atoms with Crippen molar-refractivity contribution >= 4 is 23.5 Å². The Hall–Kier alpha value is -1.81. The van der Waals surface area contributed by atoms with Gasteiger partial charge in [-0.1, -0.05) is 24.3 Å². The normalized spacial score (nSPS) is 10.2. The van der Waals surface area contributed by atoms with Gasteiger partial charge in [0.05, 0.1) is 6.42 Å². The maximum Gasteiger partial charge on any atom is 0.229 e. The predicted molar refractivity (Wildman–Crippen MR) is 79.5 cm³/mol. The molecule has 1 amide bonds. The Kier molecular flexibility index (Phi) is 4.58. The van der Waals surface area contributed by atoms with Crippen molar-refractivity contribution in [1.29, 1.82) is 0 Å². The average molecular weight is 272 g/mol. The number of benzene rings is 1. The number of hydrogen-bond acceptors (Lipinski definition) is 3. The first kappa shape index (κ1) is 13.6. The lowest BCUT2D eigenvalue weighted by atomic mass is 10.1. The van der Waals surface area contributed by atoms with Crippen molar-refractivity contribution in [3.63, 3.8) is 0 Å². The Labute approximate surface area is 117 Å². The molecule has 0 aliphatic carbocycles. The molecule has 1 aromatic heterocycles. The topological polar surface area (TPSA) is 42.0 Å². The molecular formula is C15H16N2OS. The van der Waals surface area contributed by atoms with Gasteiger partial charge in [0.25, 0.3) is 0 Å². The molecule has 0 saturated carbocycles. The van der Waals surface area contributed by atoms with Gasteiger partial charge in [0, 0.05) is 11.1 Å². The van der Waals surface area contributed by atoms with Gasteiger partial charge in [-0.2, -0.15) is 0 Å². The van der Waals surface area contributed by atoms with Crippen LogP contribution in [0.1, 0.15) is 11.1 Å². The summed E-state index contributed by atoms with van der Waals surface area (Å²) in [5.74, 6) is 0.551. The van der Waals surface area contributed by atoms with E-state index in [-0.39, 0.29) is 5.91 Å². The lowest BCUT2D eigenvalue weighted by Crippen LogP contribution is -2.15. The van der Waals surface area contributed by atoms with Crippen LogP contribution in [0.3, 0.4) is 0 Å². The van der Waals surface area contributed by atoms with E-state index < -0.39 is 0 Å². The SMILES string of the molecule is CSc1ccccc1CC(=O)Nc1ccc(C)cn1. The first-order valence-corrected chi connectivity index (χ1v) is 7.26. The van der Waals surface area contributed by atoms with E-state index in [2.05, 4.69) is 10.3 Å². The Morgan fingerprint density at radius 1 is 1.26 bits per heavy atom. The van der Waals surface area contributed by atoms with Crippen LogP contribution in [0.4, 0.5) is 5.82 Å². The highest BCUT2D eigenvalue weighted by atomic mass is 32.2. The molecule has 3 nitrogen and oxygen atoms in total. The predicted octanol–water partition coefficient (Wildman–Crippen LogP) is 3.29. The summed E-state index contributed by atoms with van der Waals surface area (Å²) in [6.45, 7) is 1.97. The van der Waals surface area contributed by atoms with E-state index in [0.717, 1.165) is 16.0 Å². The van der Waals surface area contributed by atoms with Crippen molar-refractivity contribution in [2.45, 2.75) is 18.2 Å². The van der Waals surface area contributed by atoms with E-state index in [4.69, 9.17) is 0 Å². The smallest absolute Gasteiger partial charge is 0.229 e. The summed E-state index contributed by atoms with van der Waals surface area (Å²) >= 11 is 1.65. The minimum absolute atomic E-state index is 0.0437. The van der Waals surface area contributed by atoms with Gasteiger partial charge in [-0.05, 0) is 36.4 Å². The standard InChI is InChI=1S/C15H16N2OS/c1-11-7-8-14(16-10-11)17-15(18)9-12-5-3-4-6-13(12)19-2/h3-8,10H,9H2,1-2H3,(H,16,17,18). The first-order chi connectivity index (χ1) is 9.19. The fraction of sp³-hybridized carbons (Fsp3) is 0.200. The molecular weight excluding hydrogens is 256 g/mol. The second kappa shape index (κ2) is 6.38. The molecule has 0 radical (unpaired) electrons. The van der Waals surface area contributed by atoms with Gasteiger partial charge in [0.1, 0.15) is 5.82 Å². The number of carbonyl (C=O) groups is 1. The van der Waals surface area contributed by atoms with Crippen LogP contribution in [0.5, 0.6) is 0 Å². The highest BCUT2D eigenvalue weighted by Crippen LogP contribution is 2.20. The number of aromatic nitrogens is 1. The Morgan fingerprint density at radius 2 is 2.05 bits per heavy atom. The van der Waals surface area contributed by atoms with Crippen LogP contribution in [-0.2, 0) is 11.2 Å². The number of thioether (sulfide) groups is 1. The van der Waals surface area contributed by atoms with E-state index in [1.165, 1.54) is 0 Å². The number of carbonyl (C=O) groups excluding carboxylic acids is 1. The molecule has 1 aromatic carbocycles. The molecule has 2 aromatic rings. The van der Waals surface area contributed by atoms with Crippen LogP contribution >= 0.6 is 11.8 Å². The van der Waals surface area contributed by atoms with Gasteiger partial charge in [0.2, 0.25) is 5.91 Å². The molecule has 1 heterocycles. The number of rotatable bonds is 4. The van der Waals surface area contributed by atoms with Crippen LogP contribution in [-0.4, -0.2) is 17.1 Å². The summed E-state index contributed by atoms with van der Waals surface area (Å²) in [6.07, 6.45) is 4.12. The van der Waals surface area contributed by atoms with Gasteiger partial charge >= 0.3 is 0 Å². The third-order valence-electron chi connectivity index (χ3n) is 2.72. The van der Waals surface area contributed by atoms with Crippen molar-refractivity contribution in [3.8, 4) is 0 Å². The number of nitrogens with one attached hydrogen (secondary N) is 1. The van der Waals surface area contributed by atoms with Gasteiger partial charge in [-0.25, -0.2) is 4.98 Å². The third-order valence-corrected chi connectivity index (χ3v) is 3.56. The zero-order valence-corrected chi connectivity index (χ0v) is 11.8. The molecule has 0 unspecified atom stereocenters. The van der Waals surface area contributed by atoms with E-state index in [0.29, 0.717) is 12.2 Å². The van der Waals surface area contributed by atoms with Crippen LogP contribution in [0.2, 0.25) is 0 Å². The first-order valence-electron chi connectivity index (χ1n) is 6.03. The van der Waals surface area contributed by atoms with Crippen molar-refractivity contribution in [2.75, 3.05) is 11.6 Å². The van der Waals surface area contributed by atoms with Gasteiger partial charge < -0.3 is 5.32 Å². The summed E-state index contributed by atoms with van der Waals surface area (Å²) in [4.78, 5) is 17.3. The zero-order valence-electron chi connectivity index (χ0n) is 11.0. The third kappa shape index (κ3) is 3.83. The molecule has 0 aliphatic rings. The van der Waals surface area contributed by atoms with Crippen LogP contribution < -0.4 is 5.32 Å². The second-order valence-corrected chi connectivity index (χ2v) is 5.11. The number of hydrogen-bond donors (Lipinski definition) is 1. The quantitative estimate of drug-likeness (QED) is 0.868. The fourth-order valence-corrected chi connectivity index (χ4v) is 2.37. The minimum Gasteiger partial charge on any atom is -0.310 e. The number of pyridine rings is 1. The monoisotopic (exact) mass is 272 g/mol. The molecule has 19 heavy (non-hydrogen) atoms. The van der Waals surface area contributed by atoms with Crippen LogP contribution in [0.15, 0.2) is 47.5 Å². The Balaban J connectivity index is 2.03. The van der Waals surface area contributed by atoms with E-state index in [1.807, 2.05) is 49.6 Å². The maximum absolute atomic E-state index is 12.0. The van der Waals surface area contributed by atoms with Gasteiger partial charge in [-0.15, -0.1) is 11.8 Å². The molecule has 1 N–H and O–H groups in total. The van der Waals surface area contributed by atoms with Gasteiger partial charge in [-0.3, -0.25) is 4.79 Å². The Bertz CT molecular complexity index is 567. The molecule has 0 bridgehead atoms. The highest BCUT2D eigenvalue weighted by Gasteiger charge is 2.07. The van der Waals surface area contributed by atoms with Crippen LogP contribution in [0, 0.1) is 6.92 Å². The summed E-state index contributed by atoms with van der Waals surface area (Å²) < 4.78 is 0. The molecule has 4 heteroatoms. The van der Waals surface area contributed by atoms with Crippen molar-refractivity contribution in [3.05, 3.63) is 53.7 Å². The fourth-order valence-electron chi connectivity index (χ4n) is 1.75. The summed E-state index contributed by atoms with van der Waals surface area (Å²) in [5, 5.41) is 2.81. The number of anilines is 1. The summed E-state index contributed by atoms with van der Waals surface area (Å²) in [6, 6.07) is 11.7. The minimum atomic E-state index is -0.0437. The lowest BCUT2D eigenvalue weighted by Gasteiger charge is -2.07. The van der Waals surface area contributed by atoms with Crippen LogP contribution in [0.25, 0.3) is 0 Å².